The number of rotatable bonds is 5. The highest BCUT2D eigenvalue weighted by atomic mass is 16.2. The fourth-order valence-electron chi connectivity index (χ4n) is 2.08. The molecule has 4 nitrogen and oxygen atoms in total. The van der Waals surface area contributed by atoms with Crippen molar-refractivity contribution in [1.29, 1.82) is 0 Å². The van der Waals surface area contributed by atoms with Gasteiger partial charge in [0.05, 0.1) is 6.54 Å². The molecule has 0 radical (unpaired) electrons. The van der Waals surface area contributed by atoms with Gasteiger partial charge in [0.1, 0.15) is 0 Å². The smallest absolute Gasteiger partial charge is 0.253 e. The summed E-state index contributed by atoms with van der Waals surface area (Å²) < 4.78 is 0. The molecule has 1 aromatic rings. The van der Waals surface area contributed by atoms with Crippen LogP contribution in [0.15, 0.2) is 18.2 Å². The molecule has 0 spiro atoms. The summed E-state index contributed by atoms with van der Waals surface area (Å²) in [5.41, 5.74) is 7.94. The monoisotopic (exact) mass is 287 g/mol. The molecule has 2 N–H and O–H groups in total. The minimum atomic E-state index is 0.0354. The van der Waals surface area contributed by atoms with Crippen LogP contribution in [-0.4, -0.2) is 56.5 Å². The van der Waals surface area contributed by atoms with E-state index < -0.39 is 0 Å². The Labute approximate surface area is 127 Å². The summed E-state index contributed by atoms with van der Waals surface area (Å²) in [5.74, 6) is 5.84. The number of carbonyl (C=O) groups excluding carboxylic acids is 1. The largest absolute Gasteiger partial charge is 0.342 e. The molecule has 4 heteroatoms. The molecule has 0 aliphatic rings. The molecule has 0 bridgehead atoms. The minimum Gasteiger partial charge on any atom is -0.342 e. The molecular weight excluding hydrogens is 262 g/mol. The van der Waals surface area contributed by atoms with E-state index >= 15 is 0 Å². The van der Waals surface area contributed by atoms with Crippen molar-refractivity contribution in [3.8, 4) is 11.8 Å². The summed E-state index contributed by atoms with van der Waals surface area (Å²) in [7, 11) is 5.90. The van der Waals surface area contributed by atoms with Crippen molar-refractivity contribution in [3.63, 3.8) is 0 Å². The minimum absolute atomic E-state index is 0.0354. The maximum absolute atomic E-state index is 12.4. The molecule has 1 rings (SSSR count). The Kier molecular flexibility index (Phi) is 6.93. The molecule has 1 aromatic carbocycles. The lowest BCUT2D eigenvalue weighted by molar-refractivity contribution is 0.0790. The van der Waals surface area contributed by atoms with Crippen LogP contribution in [0, 0.1) is 18.8 Å². The van der Waals surface area contributed by atoms with Crippen LogP contribution in [0.3, 0.4) is 0 Å². The maximum atomic E-state index is 12.4. The van der Waals surface area contributed by atoms with Gasteiger partial charge >= 0.3 is 0 Å². The van der Waals surface area contributed by atoms with Crippen LogP contribution >= 0.6 is 0 Å². The fraction of sp³-hybridized carbons (Fsp3) is 0.471. The van der Waals surface area contributed by atoms with Crippen molar-refractivity contribution < 1.29 is 4.79 Å². The van der Waals surface area contributed by atoms with Crippen LogP contribution in [0.1, 0.15) is 27.9 Å². The third-order valence-corrected chi connectivity index (χ3v) is 3.10. The molecule has 0 aliphatic carbocycles. The van der Waals surface area contributed by atoms with Crippen LogP contribution in [0.25, 0.3) is 0 Å². The van der Waals surface area contributed by atoms with Crippen molar-refractivity contribution in [1.82, 2.24) is 9.80 Å². The zero-order valence-corrected chi connectivity index (χ0v) is 13.4. The van der Waals surface area contributed by atoms with E-state index in [0.717, 1.165) is 30.6 Å². The van der Waals surface area contributed by atoms with Gasteiger partial charge in [-0.15, -0.1) is 0 Å². The molecule has 21 heavy (non-hydrogen) atoms. The van der Waals surface area contributed by atoms with Crippen LogP contribution < -0.4 is 5.73 Å². The summed E-state index contributed by atoms with van der Waals surface area (Å²) >= 11 is 0. The zero-order chi connectivity index (χ0) is 15.8. The number of carbonyl (C=O) groups is 1. The van der Waals surface area contributed by atoms with E-state index in [1.807, 2.05) is 46.3 Å². The maximum Gasteiger partial charge on any atom is 0.253 e. The van der Waals surface area contributed by atoms with E-state index in [1.54, 1.807) is 4.90 Å². The Morgan fingerprint density at radius 2 is 1.90 bits per heavy atom. The molecular formula is C17H25N3O. The highest BCUT2D eigenvalue weighted by molar-refractivity contribution is 5.94. The van der Waals surface area contributed by atoms with Gasteiger partial charge in [-0.25, -0.2) is 0 Å². The van der Waals surface area contributed by atoms with E-state index in [9.17, 15) is 4.79 Å². The van der Waals surface area contributed by atoms with Crippen molar-refractivity contribution in [3.05, 3.63) is 34.9 Å². The number of aryl methyl sites for hydroxylation is 1. The molecule has 114 valence electrons. The van der Waals surface area contributed by atoms with Crippen LogP contribution in [0.2, 0.25) is 0 Å². The van der Waals surface area contributed by atoms with E-state index in [2.05, 4.69) is 16.7 Å². The number of amides is 1. The predicted molar refractivity (Wildman–Crippen MR) is 87.2 cm³/mol. The Morgan fingerprint density at radius 1 is 1.19 bits per heavy atom. The normalized spacial score (nSPS) is 10.2. The lowest BCUT2D eigenvalue weighted by Gasteiger charge is -2.19. The molecule has 0 aromatic heterocycles. The molecule has 0 atom stereocenters. The highest BCUT2D eigenvalue weighted by Gasteiger charge is 2.12. The Morgan fingerprint density at radius 3 is 2.52 bits per heavy atom. The standard InChI is InChI=1S/C17H25N3O/c1-14-11-15(7-5-8-18)13-16(12-14)17(21)20(4)10-6-9-19(2)3/h11-13H,6,8-10,18H2,1-4H3. The highest BCUT2D eigenvalue weighted by Crippen LogP contribution is 2.11. The van der Waals surface area contributed by atoms with Crippen molar-refractivity contribution in [2.24, 2.45) is 5.73 Å². The van der Waals surface area contributed by atoms with Gasteiger partial charge in [-0.2, -0.15) is 0 Å². The molecule has 0 saturated carbocycles. The summed E-state index contributed by atoms with van der Waals surface area (Å²) in [4.78, 5) is 16.3. The number of nitrogens with two attached hydrogens (primary N) is 1. The SMILES string of the molecule is Cc1cc(C#CCN)cc(C(=O)N(C)CCCN(C)C)c1. The van der Waals surface area contributed by atoms with Crippen molar-refractivity contribution >= 4 is 5.91 Å². The van der Waals surface area contributed by atoms with E-state index in [-0.39, 0.29) is 5.91 Å². The fourth-order valence-corrected chi connectivity index (χ4v) is 2.08. The van der Waals surface area contributed by atoms with Crippen molar-refractivity contribution in [2.45, 2.75) is 13.3 Å². The number of benzene rings is 1. The summed E-state index contributed by atoms with van der Waals surface area (Å²) in [5, 5.41) is 0. The molecule has 0 aliphatic heterocycles. The second kappa shape index (κ2) is 8.46. The lowest BCUT2D eigenvalue weighted by atomic mass is 10.1. The quantitative estimate of drug-likeness (QED) is 0.831. The lowest BCUT2D eigenvalue weighted by Crippen LogP contribution is -2.29. The first-order chi connectivity index (χ1) is 9.93. The molecule has 0 fully saturated rings. The first kappa shape index (κ1) is 17.2. The molecule has 1 amide bonds. The molecule has 0 unspecified atom stereocenters. The summed E-state index contributed by atoms with van der Waals surface area (Å²) in [6, 6.07) is 5.70. The van der Waals surface area contributed by atoms with Crippen LogP contribution in [0.4, 0.5) is 0 Å². The van der Waals surface area contributed by atoms with E-state index in [4.69, 9.17) is 5.73 Å². The van der Waals surface area contributed by atoms with Gasteiger partial charge in [-0.1, -0.05) is 11.8 Å². The molecule has 0 heterocycles. The topological polar surface area (TPSA) is 49.6 Å². The van der Waals surface area contributed by atoms with Gasteiger partial charge in [0.15, 0.2) is 0 Å². The summed E-state index contributed by atoms with van der Waals surface area (Å²) in [6.07, 6.45) is 0.959. The first-order valence-electron chi connectivity index (χ1n) is 7.15. The Hall–Kier alpha value is -1.83. The van der Waals surface area contributed by atoms with E-state index in [1.165, 1.54) is 0 Å². The average molecular weight is 287 g/mol. The van der Waals surface area contributed by atoms with Crippen LogP contribution in [-0.2, 0) is 0 Å². The zero-order valence-electron chi connectivity index (χ0n) is 13.4. The van der Waals surface area contributed by atoms with E-state index in [0.29, 0.717) is 12.1 Å². The van der Waals surface area contributed by atoms with Gasteiger partial charge in [0.2, 0.25) is 0 Å². The van der Waals surface area contributed by atoms with Gasteiger partial charge in [-0.3, -0.25) is 4.79 Å². The average Bonchev–Trinajstić information content (AvgIpc) is 2.43. The van der Waals surface area contributed by atoms with Gasteiger partial charge in [0, 0.05) is 24.7 Å². The first-order valence-corrected chi connectivity index (χ1v) is 7.15. The Bertz CT molecular complexity index is 541. The van der Waals surface area contributed by atoms with Crippen molar-refractivity contribution in [2.75, 3.05) is 40.8 Å². The van der Waals surface area contributed by atoms with Gasteiger partial charge in [0.25, 0.3) is 5.91 Å². The second-order valence-corrected chi connectivity index (χ2v) is 5.48. The Balaban J connectivity index is 2.79. The number of hydrogen-bond donors (Lipinski definition) is 1. The van der Waals surface area contributed by atoms with Gasteiger partial charge < -0.3 is 15.5 Å². The number of nitrogens with zero attached hydrogens (tertiary/aromatic N) is 2. The predicted octanol–water partition coefficient (Wildman–Crippen LogP) is 1.33. The number of hydrogen-bond acceptors (Lipinski definition) is 3. The third-order valence-electron chi connectivity index (χ3n) is 3.10. The van der Waals surface area contributed by atoms with Crippen LogP contribution in [0.5, 0.6) is 0 Å². The molecule has 0 saturated heterocycles. The second-order valence-electron chi connectivity index (χ2n) is 5.48. The summed E-state index contributed by atoms with van der Waals surface area (Å²) in [6.45, 7) is 4.01. The third kappa shape index (κ3) is 5.99. The van der Waals surface area contributed by atoms with Gasteiger partial charge in [-0.05, 0) is 57.7 Å².